The molecule has 2 atom stereocenters. The zero-order chi connectivity index (χ0) is 16.8. The molecule has 24 heavy (non-hydrogen) atoms. The minimum Gasteiger partial charge on any atom is -0.309 e. The minimum absolute atomic E-state index is 0.273. The molecule has 122 valence electrons. The van der Waals surface area contributed by atoms with Crippen LogP contribution in [0.25, 0.3) is 16.8 Å². The maximum absolute atomic E-state index is 13.7. The average Bonchev–Trinajstić information content (AvgIpc) is 3.15. The molecule has 3 aromatic heterocycles. The van der Waals surface area contributed by atoms with Crippen molar-refractivity contribution in [3.63, 3.8) is 0 Å². The van der Waals surface area contributed by atoms with E-state index < -0.39 is 12.1 Å². The number of amides is 1. The predicted molar refractivity (Wildman–Crippen MR) is 84.8 cm³/mol. The van der Waals surface area contributed by atoms with Gasteiger partial charge in [0.05, 0.1) is 18.3 Å². The fourth-order valence-electron chi connectivity index (χ4n) is 2.66. The van der Waals surface area contributed by atoms with Crippen LogP contribution in [-0.4, -0.2) is 26.4 Å². The molecule has 0 saturated heterocycles. The molecule has 1 aliphatic rings. The van der Waals surface area contributed by atoms with Gasteiger partial charge in [-0.05, 0) is 31.0 Å². The third kappa shape index (κ3) is 2.51. The summed E-state index contributed by atoms with van der Waals surface area (Å²) in [6, 6.07) is 3.58. The molecule has 0 aromatic carbocycles. The summed E-state index contributed by atoms with van der Waals surface area (Å²) in [5.74, 6) is -0.913. The number of carbonyl (C=O) groups excluding carboxylic acids is 1. The summed E-state index contributed by atoms with van der Waals surface area (Å²) in [5, 5.41) is 2.62. The molecule has 1 amide bonds. The SMILES string of the molecule is Cc1c(F)cncc1-c1ccc2nc(NC(=O)[C@@H]3C[C@@H]3F)cn2c1. The number of alkyl halides is 1. The zero-order valence-corrected chi connectivity index (χ0v) is 12.8. The highest BCUT2D eigenvalue weighted by molar-refractivity contribution is 5.94. The number of anilines is 1. The van der Waals surface area contributed by atoms with E-state index in [4.69, 9.17) is 0 Å². The van der Waals surface area contributed by atoms with Crippen molar-refractivity contribution in [2.75, 3.05) is 5.32 Å². The molecule has 0 radical (unpaired) electrons. The van der Waals surface area contributed by atoms with E-state index in [0.29, 0.717) is 22.6 Å². The maximum atomic E-state index is 13.7. The molecule has 1 fully saturated rings. The Hall–Kier alpha value is -2.83. The van der Waals surface area contributed by atoms with Crippen molar-refractivity contribution in [1.29, 1.82) is 0 Å². The first kappa shape index (κ1) is 14.7. The number of hydrogen-bond donors (Lipinski definition) is 1. The Morgan fingerprint density at radius 3 is 2.88 bits per heavy atom. The highest BCUT2D eigenvalue weighted by atomic mass is 19.1. The van der Waals surface area contributed by atoms with Crippen LogP contribution >= 0.6 is 0 Å². The van der Waals surface area contributed by atoms with Gasteiger partial charge in [-0.1, -0.05) is 0 Å². The summed E-state index contributed by atoms with van der Waals surface area (Å²) in [4.78, 5) is 20.0. The van der Waals surface area contributed by atoms with Gasteiger partial charge in [0.25, 0.3) is 0 Å². The number of fused-ring (bicyclic) bond motifs is 1. The van der Waals surface area contributed by atoms with Gasteiger partial charge in [0.15, 0.2) is 5.82 Å². The van der Waals surface area contributed by atoms with Crippen molar-refractivity contribution in [2.24, 2.45) is 5.92 Å². The Morgan fingerprint density at radius 1 is 1.33 bits per heavy atom. The maximum Gasteiger partial charge on any atom is 0.231 e. The monoisotopic (exact) mass is 328 g/mol. The molecule has 1 saturated carbocycles. The van der Waals surface area contributed by atoms with Gasteiger partial charge in [0.1, 0.15) is 17.6 Å². The lowest BCUT2D eigenvalue weighted by Crippen LogP contribution is -2.15. The van der Waals surface area contributed by atoms with Crippen molar-refractivity contribution in [2.45, 2.75) is 19.5 Å². The summed E-state index contributed by atoms with van der Waals surface area (Å²) < 4.78 is 28.3. The van der Waals surface area contributed by atoms with Crippen molar-refractivity contribution in [3.8, 4) is 11.1 Å². The van der Waals surface area contributed by atoms with Crippen molar-refractivity contribution in [3.05, 3.63) is 48.3 Å². The number of nitrogens with zero attached hydrogens (tertiary/aromatic N) is 3. The predicted octanol–water partition coefficient (Wildman–Crippen LogP) is 3.14. The second kappa shape index (κ2) is 5.36. The van der Waals surface area contributed by atoms with Crippen LogP contribution in [-0.2, 0) is 4.79 Å². The van der Waals surface area contributed by atoms with Gasteiger partial charge in [-0.3, -0.25) is 9.78 Å². The Kier molecular flexibility index (Phi) is 3.30. The minimum atomic E-state index is -1.04. The fourth-order valence-corrected chi connectivity index (χ4v) is 2.66. The number of hydrogen-bond acceptors (Lipinski definition) is 3. The van der Waals surface area contributed by atoms with E-state index in [9.17, 15) is 13.6 Å². The van der Waals surface area contributed by atoms with Crippen molar-refractivity contribution >= 4 is 17.4 Å². The number of pyridine rings is 2. The summed E-state index contributed by atoms with van der Waals surface area (Å²) >= 11 is 0. The van der Waals surface area contributed by atoms with E-state index in [1.165, 1.54) is 6.20 Å². The number of aromatic nitrogens is 3. The van der Waals surface area contributed by atoms with Crippen LogP contribution in [0, 0.1) is 18.7 Å². The molecule has 0 spiro atoms. The highest BCUT2D eigenvalue weighted by Crippen LogP contribution is 2.34. The van der Waals surface area contributed by atoms with Gasteiger partial charge in [-0.15, -0.1) is 0 Å². The Labute approximate surface area is 136 Å². The van der Waals surface area contributed by atoms with E-state index in [-0.39, 0.29) is 18.1 Å². The molecule has 4 rings (SSSR count). The quantitative estimate of drug-likeness (QED) is 0.803. The summed E-state index contributed by atoms with van der Waals surface area (Å²) in [6.45, 7) is 1.69. The number of carbonyl (C=O) groups is 1. The van der Waals surface area contributed by atoms with Crippen LogP contribution in [0.5, 0.6) is 0 Å². The fraction of sp³-hybridized carbons (Fsp3) is 0.235. The van der Waals surface area contributed by atoms with Gasteiger partial charge >= 0.3 is 0 Å². The van der Waals surface area contributed by atoms with Crippen molar-refractivity contribution in [1.82, 2.24) is 14.4 Å². The second-order valence-corrected chi connectivity index (χ2v) is 5.95. The van der Waals surface area contributed by atoms with Crippen LogP contribution < -0.4 is 5.32 Å². The topological polar surface area (TPSA) is 59.3 Å². The zero-order valence-electron chi connectivity index (χ0n) is 12.8. The van der Waals surface area contributed by atoms with Crippen LogP contribution in [0.4, 0.5) is 14.6 Å². The standard InChI is InChI=1S/C17H14F2N4O/c1-9-12(5-20-6-14(9)19)10-2-3-16-21-15(8-23(16)7-10)22-17(24)11-4-13(11)18/h2-3,5-8,11,13H,4H2,1H3,(H,22,24)/t11-,13+/m1/s1. The lowest BCUT2D eigenvalue weighted by molar-refractivity contribution is -0.117. The van der Waals surface area contributed by atoms with Gasteiger partial charge in [-0.2, -0.15) is 0 Å². The number of nitrogens with one attached hydrogen (secondary N) is 1. The molecule has 1 aliphatic carbocycles. The van der Waals surface area contributed by atoms with E-state index in [1.807, 2.05) is 6.07 Å². The molecular formula is C17H14F2N4O. The molecule has 3 aromatic rings. The first-order valence-corrected chi connectivity index (χ1v) is 7.57. The van der Waals surface area contributed by atoms with Gasteiger partial charge in [-0.25, -0.2) is 13.8 Å². The van der Waals surface area contributed by atoms with Crippen LogP contribution in [0.15, 0.2) is 36.9 Å². The molecule has 5 nitrogen and oxygen atoms in total. The Morgan fingerprint density at radius 2 is 2.12 bits per heavy atom. The van der Waals surface area contributed by atoms with Gasteiger partial charge in [0.2, 0.25) is 5.91 Å². The third-order valence-corrected chi connectivity index (χ3v) is 4.22. The molecule has 3 heterocycles. The first-order chi connectivity index (χ1) is 11.5. The summed E-state index contributed by atoms with van der Waals surface area (Å²) in [7, 11) is 0. The number of halogens is 2. The largest absolute Gasteiger partial charge is 0.309 e. The summed E-state index contributed by atoms with van der Waals surface area (Å²) in [5.41, 5.74) is 2.62. The first-order valence-electron chi connectivity index (χ1n) is 7.57. The van der Waals surface area contributed by atoms with Crippen LogP contribution in [0.1, 0.15) is 12.0 Å². The second-order valence-electron chi connectivity index (χ2n) is 5.95. The molecule has 7 heteroatoms. The van der Waals surface area contributed by atoms with Crippen LogP contribution in [0.2, 0.25) is 0 Å². The lowest BCUT2D eigenvalue weighted by Gasteiger charge is -2.06. The van der Waals surface area contributed by atoms with Crippen LogP contribution in [0.3, 0.4) is 0 Å². The highest BCUT2D eigenvalue weighted by Gasteiger charge is 2.43. The number of imidazole rings is 1. The smallest absolute Gasteiger partial charge is 0.231 e. The normalized spacial score (nSPS) is 19.5. The Bertz CT molecular complexity index is 953. The molecule has 0 bridgehead atoms. The molecule has 0 aliphatic heterocycles. The number of rotatable bonds is 3. The van der Waals surface area contributed by atoms with Gasteiger partial charge in [0, 0.05) is 23.5 Å². The molecule has 0 unspecified atom stereocenters. The summed E-state index contributed by atoms with van der Waals surface area (Å²) in [6.07, 6.45) is 5.45. The van der Waals surface area contributed by atoms with E-state index in [0.717, 1.165) is 5.56 Å². The molecular weight excluding hydrogens is 314 g/mol. The molecule has 1 N–H and O–H groups in total. The Balaban J connectivity index is 1.66. The lowest BCUT2D eigenvalue weighted by atomic mass is 10.0. The average molecular weight is 328 g/mol. The van der Waals surface area contributed by atoms with E-state index >= 15 is 0 Å². The van der Waals surface area contributed by atoms with E-state index in [1.54, 1.807) is 36.0 Å². The van der Waals surface area contributed by atoms with Gasteiger partial charge < -0.3 is 9.72 Å². The van der Waals surface area contributed by atoms with E-state index in [2.05, 4.69) is 15.3 Å². The van der Waals surface area contributed by atoms with Crippen molar-refractivity contribution < 1.29 is 13.6 Å². The third-order valence-electron chi connectivity index (χ3n) is 4.22.